The van der Waals surface area contributed by atoms with Crippen molar-refractivity contribution in [2.24, 2.45) is 5.92 Å². The Balaban J connectivity index is 1.58. The molecule has 0 fully saturated rings. The van der Waals surface area contributed by atoms with E-state index in [-0.39, 0.29) is 54.2 Å². The topological polar surface area (TPSA) is 128 Å². The monoisotopic (exact) mass is 662 g/mol. The van der Waals surface area contributed by atoms with E-state index in [9.17, 15) is 36.3 Å². The first-order valence-corrected chi connectivity index (χ1v) is 16.0. The molecule has 0 saturated heterocycles. The number of nitrogens with zero attached hydrogens (tertiary/aromatic N) is 2. The maximum atomic E-state index is 13.5. The number of aliphatic hydroxyl groups excluding tert-OH is 1. The number of hydrogen-bond donors (Lipinski definition) is 3. The largest absolute Gasteiger partial charge is 0.488 e. The highest BCUT2D eigenvalue weighted by atomic mass is 32.2. The molecule has 14 heteroatoms. The van der Waals surface area contributed by atoms with Gasteiger partial charge in [-0.2, -0.15) is 13.2 Å². The van der Waals surface area contributed by atoms with Crippen LogP contribution in [0, 0.1) is 12.8 Å². The molecule has 0 saturated carbocycles. The number of benzene rings is 3. The van der Waals surface area contributed by atoms with Gasteiger partial charge in [0.1, 0.15) is 11.9 Å². The van der Waals surface area contributed by atoms with E-state index < -0.39 is 39.9 Å². The number of alkyl halides is 3. The van der Waals surface area contributed by atoms with Crippen molar-refractivity contribution in [3.63, 3.8) is 0 Å². The van der Waals surface area contributed by atoms with E-state index in [1.165, 1.54) is 41.1 Å². The molecule has 0 aliphatic carbocycles. The second-order valence-corrected chi connectivity index (χ2v) is 13.2. The molecule has 46 heavy (non-hydrogen) atoms. The Morgan fingerprint density at radius 1 is 1.09 bits per heavy atom. The number of carbonyl (C=O) groups excluding carboxylic acids is 2. The third-order valence-corrected chi connectivity index (χ3v) is 9.16. The molecule has 4 rings (SSSR count). The molecule has 3 amide bonds. The van der Waals surface area contributed by atoms with E-state index in [0.717, 1.165) is 29.8 Å². The fraction of sp³-hybridized carbons (Fsp3) is 0.375. The number of urea groups is 1. The minimum atomic E-state index is -4.50. The molecule has 0 aromatic heterocycles. The van der Waals surface area contributed by atoms with Crippen LogP contribution in [0.25, 0.3) is 0 Å². The molecule has 3 aromatic rings. The lowest BCUT2D eigenvalue weighted by molar-refractivity contribution is -0.137. The Hall–Kier alpha value is -4.30. The molecule has 0 radical (unpaired) electrons. The van der Waals surface area contributed by atoms with Crippen molar-refractivity contribution in [2.75, 3.05) is 36.8 Å². The van der Waals surface area contributed by atoms with Crippen LogP contribution in [0.1, 0.15) is 30.5 Å². The lowest BCUT2D eigenvalue weighted by Crippen LogP contribution is -2.48. The quantitative estimate of drug-likeness (QED) is 0.307. The Kier molecular flexibility index (Phi) is 10.5. The molecule has 1 aliphatic rings. The van der Waals surface area contributed by atoms with Gasteiger partial charge in [-0.15, -0.1) is 0 Å². The molecule has 3 N–H and O–H groups in total. The van der Waals surface area contributed by atoms with Gasteiger partial charge >= 0.3 is 12.2 Å². The number of aryl methyl sites for hydroxylation is 1. The molecule has 0 bridgehead atoms. The number of nitrogens with one attached hydrogen (secondary N) is 2. The number of sulfonamides is 1. The molecule has 1 heterocycles. The highest BCUT2D eigenvalue weighted by molar-refractivity contribution is 7.92. The molecule has 1 aliphatic heterocycles. The van der Waals surface area contributed by atoms with Crippen LogP contribution in [-0.2, 0) is 27.4 Å². The van der Waals surface area contributed by atoms with Crippen molar-refractivity contribution in [3.05, 3.63) is 83.4 Å². The van der Waals surface area contributed by atoms with Gasteiger partial charge in [0, 0.05) is 36.4 Å². The van der Waals surface area contributed by atoms with Gasteiger partial charge in [-0.1, -0.05) is 24.6 Å². The molecule has 0 unspecified atom stereocenters. The molecule has 3 aromatic carbocycles. The summed E-state index contributed by atoms with van der Waals surface area (Å²) in [7, 11) is -2.42. The first kappa shape index (κ1) is 34.6. The average molecular weight is 663 g/mol. The van der Waals surface area contributed by atoms with Gasteiger partial charge in [0.25, 0.3) is 10.0 Å². The van der Waals surface area contributed by atoms with Gasteiger partial charge < -0.3 is 25.0 Å². The van der Waals surface area contributed by atoms with Crippen LogP contribution < -0.4 is 14.8 Å². The van der Waals surface area contributed by atoms with Gasteiger partial charge in [0.15, 0.2) is 0 Å². The Labute approximate surface area is 266 Å². The highest BCUT2D eigenvalue weighted by Gasteiger charge is 2.33. The maximum Gasteiger partial charge on any atom is 0.416 e. The lowest BCUT2D eigenvalue weighted by Gasteiger charge is -2.34. The minimum Gasteiger partial charge on any atom is -0.488 e. The Morgan fingerprint density at radius 3 is 2.33 bits per heavy atom. The summed E-state index contributed by atoms with van der Waals surface area (Å²) in [5.41, 5.74) is 0.856. The number of ether oxygens (including phenoxy) is 1. The van der Waals surface area contributed by atoms with Gasteiger partial charge in [0.05, 0.1) is 36.1 Å². The molecule has 3 atom stereocenters. The number of anilines is 2. The highest BCUT2D eigenvalue weighted by Crippen LogP contribution is 2.31. The average Bonchev–Trinajstić information content (AvgIpc) is 3.04. The van der Waals surface area contributed by atoms with Crippen LogP contribution in [0.15, 0.2) is 71.6 Å². The van der Waals surface area contributed by atoms with Gasteiger partial charge in [-0.3, -0.25) is 9.52 Å². The summed E-state index contributed by atoms with van der Waals surface area (Å²) in [5.74, 6) is -0.325. The normalized spacial score (nSPS) is 17.9. The van der Waals surface area contributed by atoms with Crippen LogP contribution in [0.4, 0.5) is 29.3 Å². The maximum absolute atomic E-state index is 13.5. The van der Waals surface area contributed by atoms with E-state index in [2.05, 4.69) is 10.0 Å². The summed E-state index contributed by atoms with van der Waals surface area (Å²) < 4.78 is 73.8. The minimum absolute atomic E-state index is 0.0322. The number of rotatable bonds is 8. The Morgan fingerprint density at radius 2 is 1.72 bits per heavy atom. The number of hydrogen-bond acceptors (Lipinski definition) is 6. The lowest BCUT2D eigenvalue weighted by atomic mass is 10.0. The smallest absolute Gasteiger partial charge is 0.416 e. The predicted molar refractivity (Wildman–Crippen MR) is 167 cm³/mol. The van der Waals surface area contributed by atoms with E-state index in [1.54, 1.807) is 25.1 Å². The van der Waals surface area contributed by atoms with E-state index in [0.29, 0.717) is 11.3 Å². The van der Waals surface area contributed by atoms with Gasteiger partial charge in [0.2, 0.25) is 5.91 Å². The zero-order valence-corrected chi connectivity index (χ0v) is 26.7. The van der Waals surface area contributed by atoms with Crippen molar-refractivity contribution < 1.29 is 41.0 Å². The molecule has 0 spiro atoms. The zero-order chi connectivity index (χ0) is 33.8. The van der Waals surface area contributed by atoms with Crippen LogP contribution >= 0.6 is 0 Å². The second kappa shape index (κ2) is 14.0. The van der Waals surface area contributed by atoms with Crippen molar-refractivity contribution in [1.82, 2.24) is 9.80 Å². The third-order valence-electron chi connectivity index (χ3n) is 7.76. The Bertz CT molecular complexity index is 1650. The van der Waals surface area contributed by atoms with Crippen molar-refractivity contribution in [2.45, 2.75) is 50.4 Å². The molecule has 10 nitrogen and oxygen atoms in total. The molecular weight excluding hydrogens is 625 g/mol. The standard InChI is InChI=1S/C32H37F3N4O6S/c1-20-5-12-27(13-6-20)46(43,44)37-26-11-14-28-23(15-26)16-30(41)39(22(3)19-40)17-21(2)29(45-28)18-38(4)31(42)36-25-9-7-24(8-10-25)32(33,34)35/h5-15,21-22,29,37,40H,16-19H2,1-4H3,(H,36,42)/t21-,22-,29-/m1/s1. The summed E-state index contributed by atoms with van der Waals surface area (Å²) in [6, 6.07) is 13.9. The van der Waals surface area contributed by atoms with Crippen LogP contribution in [0.5, 0.6) is 5.75 Å². The molecule has 248 valence electrons. The number of halogens is 3. The van der Waals surface area contributed by atoms with Crippen molar-refractivity contribution in [3.8, 4) is 5.75 Å². The van der Waals surface area contributed by atoms with Gasteiger partial charge in [-0.05, 0) is 68.4 Å². The fourth-order valence-electron chi connectivity index (χ4n) is 4.96. The van der Waals surface area contributed by atoms with E-state index >= 15 is 0 Å². The number of aliphatic hydroxyl groups is 1. The fourth-order valence-corrected chi connectivity index (χ4v) is 6.01. The first-order chi connectivity index (χ1) is 21.6. The third kappa shape index (κ3) is 8.49. The first-order valence-electron chi connectivity index (χ1n) is 14.6. The molecular formula is C32H37F3N4O6S. The summed E-state index contributed by atoms with van der Waals surface area (Å²) in [6.07, 6.45) is -5.31. The van der Waals surface area contributed by atoms with Gasteiger partial charge in [-0.25, -0.2) is 13.2 Å². The second-order valence-electron chi connectivity index (χ2n) is 11.5. The number of likely N-dealkylation sites (N-methyl/N-ethyl adjacent to an activating group) is 1. The van der Waals surface area contributed by atoms with Crippen LogP contribution in [-0.4, -0.2) is 74.2 Å². The zero-order valence-electron chi connectivity index (χ0n) is 25.8. The number of carbonyl (C=O) groups is 2. The van der Waals surface area contributed by atoms with Crippen molar-refractivity contribution >= 4 is 33.3 Å². The number of fused-ring (bicyclic) bond motifs is 1. The predicted octanol–water partition coefficient (Wildman–Crippen LogP) is 5.13. The SMILES string of the molecule is Cc1ccc(S(=O)(=O)Nc2ccc3c(c2)CC(=O)N([C@H](C)CO)C[C@@H](C)[C@@H](CN(C)C(=O)Nc2ccc(C(F)(F)F)cc2)O3)cc1. The number of amides is 3. The summed E-state index contributed by atoms with van der Waals surface area (Å²) in [6.45, 7) is 5.32. The van der Waals surface area contributed by atoms with E-state index in [1.807, 2.05) is 13.8 Å². The van der Waals surface area contributed by atoms with Crippen molar-refractivity contribution in [1.29, 1.82) is 0 Å². The van der Waals surface area contributed by atoms with Crippen LogP contribution in [0.2, 0.25) is 0 Å². The summed E-state index contributed by atoms with van der Waals surface area (Å²) in [5, 5.41) is 12.5. The summed E-state index contributed by atoms with van der Waals surface area (Å²) >= 11 is 0. The summed E-state index contributed by atoms with van der Waals surface area (Å²) in [4.78, 5) is 29.4. The van der Waals surface area contributed by atoms with Crippen LogP contribution in [0.3, 0.4) is 0 Å². The van der Waals surface area contributed by atoms with E-state index in [4.69, 9.17) is 4.74 Å².